The molecular weight excluding hydrogens is 258 g/mol. The van der Waals surface area contributed by atoms with Crippen LogP contribution in [0.15, 0.2) is 18.2 Å². The van der Waals surface area contributed by atoms with Crippen molar-refractivity contribution in [3.63, 3.8) is 0 Å². The maximum atomic E-state index is 11.7. The van der Waals surface area contributed by atoms with Crippen LogP contribution in [0.1, 0.15) is 31.3 Å². The summed E-state index contributed by atoms with van der Waals surface area (Å²) in [6.07, 6.45) is 0. The Kier molecular flexibility index (Phi) is 3.92. The lowest BCUT2D eigenvalue weighted by molar-refractivity contribution is 0.0690. The summed E-state index contributed by atoms with van der Waals surface area (Å²) in [5, 5.41) is 8.74. The maximum Gasteiger partial charge on any atom is 0.354 e. The fourth-order valence-electron chi connectivity index (χ4n) is 1.18. The van der Waals surface area contributed by atoms with E-state index in [-0.39, 0.29) is 11.5 Å². The van der Waals surface area contributed by atoms with Crippen LogP contribution in [0, 0.1) is 0 Å². The fraction of sp³-hybridized carbons (Fsp3) is 0.400. The normalized spacial score (nSPS) is 12.2. The summed E-state index contributed by atoms with van der Waals surface area (Å²) in [7, 11) is -3.79. The number of rotatable bonds is 4. The second kappa shape index (κ2) is 4.91. The first-order chi connectivity index (χ1) is 8.09. The number of aromatic carboxylic acids is 1. The number of hydrogen-bond donors (Lipinski definition) is 3. The van der Waals surface area contributed by atoms with E-state index in [1.54, 1.807) is 20.8 Å². The van der Waals surface area contributed by atoms with Gasteiger partial charge in [-0.1, -0.05) is 6.07 Å². The predicted molar refractivity (Wildman–Crippen MR) is 66.6 cm³/mol. The summed E-state index contributed by atoms with van der Waals surface area (Å²) in [6, 6.07) is 4.05. The Morgan fingerprint density at radius 1 is 1.33 bits per heavy atom. The summed E-state index contributed by atoms with van der Waals surface area (Å²) in [4.78, 5) is 14.3. The van der Waals surface area contributed by atoms with Gasteiger partial charge in [0.2, 0.25) is 0 Å². The molecule has 3 N–H and O–H groups in total. The van der Waals surface area contributed by atoms with E-state index >= 15 is 0 Å². The minimum Gasteiger partial charge on any atom is -0.477 e. The SMILES string of the molecule is CC(C)(C)NS(=O)(=O)Nc1cccc(C(=O)O)n1. The summed E-state index contributed by atoms with van der Waals surface area (Å²) in [6.45, 7) is 5.06. The minimum atomic E-state index is -3.79. The molecule has 0 spiro atoms. The van der Waals surface area contributed by atoms with Crippen LogP contribution in [-0.4, -0.2) is 30.0 Å². The summed E-state index contributed by atoms with van der Waals surface area (Å²) < 4.78 is 27.9. The van der Waals surface area contributed by atoms with Crippen molar-refractivity contribution in [2.45, 2.75) is 26.3 Å². The molecule has 0 amide bonds. The van der Waals surface area contributed by atoms with E-state index in [2.05, 4.69) is 14.4 Å². The topological polar surface area (TPSA) is 108 Å². The number of aromatic nitrogens is 1. The standard InChI is InChI=1S/C10H15N3O4S/c1-10(2,3)13-18(16,17)12-8-6-4-5-7(11-8)9(14)15/h4-6,13H,1-3H3,(H,11,12)(H,14,15). The first-order valence-electron chi connectivity index (χ1n) is 5.11. The molecule has 1 rings (SSSR count). The van der Waals surface area contributed by atoms with Crippen molar-refractivity contribution in [2.75, 3.05) is 4.72 Å². The number of nitrogens with zero attached hydrogens (tertiary/aromatic N) is 1. The van der Waals surface area contributed by atoms with E-state index < -0.39 is 21.7 Å². The number of anilines is 1. The summed E-state index contributed by atoms with van der Waals surface area (Å²) >= 11 is 0. The fourth-order valence-corrected chi connectivity index (χ4v) is 2.42. The minimum absolute atomic E-state index is 0.0494. The highest BCUT2D eigenvalue weighted by Gasteiger charge is 2.20. The molecule has 0 fully saturated rings. The molecule has 0 aliphatic heterocycles. The first-order valence-corrected chi connectivity index (χ1v) is 6.59. The Hall–Kier alpha value is -1.67. The number of pyridine rings is 1. The van der Waals surface area contributed by atoms with Crippen molar-refractivity contribution >= 4 is 22.0 Å². The highest BCUT2D eigenvalue weighted by atomic mass is 32.2. The number of carboxylic acid groups (broad SMARTS) is 1. The Balaban J connectivity index is 2.91. The molecule has 0 radical (unpaired) electrons. The molecule has 8 heteroatoms. The maximum absolute atomic E-state index is 11.7. The van der Waals surface area contributed by atoms with E-state index in [4.69, 9.17) is 5.11 Å². The zero-order valence-corrected chi connectivity index (χ0v) is 11.1. The molecule has 1 aromatic heterocycles. The van der Waals surface area contributed by atoms with E-state index in [0.29, 0.717) is 0 Å². The van der Waals surface area contributed by atoms with Gasteiger partial charge < -0.3 is 5.11 Å². The lowest BCUT2D eigenvalue weighted by Crippen LogP contribution is -2.43. The molecule has 18 heavy (non-hydrogen) atoms. The molecule has 0 saturated carbocycles. The van der Waals surface area contributed by atoms with Crippen molar-refractivity contribution in [3.8, 4) is 0 Å². The monoisotopic (exact) mass is 273 g/mol. The van der Waals surface area contributed by atoms with Crippen molar-refractivity contribution in [3.05, 3.63) is 23.9 Å². The molecule has 0 saturated heterocycles. The molecule has 7 nitrogen and oxygen atoms in total. The van der Waals surface area contributed by atoms with E-state index in [1.165, 1.54) is 18.2 Å². The summed E-state index contributed by atoms with van der Waals surface area (Å²) in [5.41, 5.74) is -0.873. The van der Waals surface area contributed by atoms with Crippen molar-refractivity contribution < 1.29 is 18.3 Å². The Morgan fingerprint density at radius 3 is 2.44 bits per heavy atom. The lowest BCUT2D eigenvalue weighted by atomic mass is 10.1. The van der Waals surface area contributed by atoms with Crippen LogP contribution in [0.25, 0.3) is 0 Å². The van der Waals surface area contributed by atoms with Crippen LogP contribution in [0.2, 0.25) is 0 Å². The molecule has 1 heterocycles. The van der Waals surface area contributed by atoms with E-state index in [0.717, 1.165) is 0 Å². The first kappa shape index (κ1) is 14.4. The van der Waals surface area contributed by atoms with Crippen LogP contribution >= 0.6 is 0 Å². The number of carboxylic acids is 1. The van der Waals surface area contributed by atoms with Crippen LogP contribution in [-0.2, 0) is 10.2 Å². The number of carbonyl (C=O) groups is 1. The molecule has 0 bridgehead atoms. The third-order valence-electron chi connectivity index (χ3n) is 1.65. The van der Waals surface area contributed by atoms with Gasteiger partial charge in [0.05, 0.1) is 0 Å². The molecule has 1 aromatic rings. The van der Waals surface area contributed by atoms with Gasteiger partial charge in [0.1, 0.15) is 5.82 Å². The zero-order chi connectivity index (χ0) is 14.0. The van der Waals surface area contributed by atoms with Gasteiger partial charge in [0, 0.05) is 5.54 Å². The highest BCUT2D eigenvalue weighted by molar-refractivity contribution is 7.90. The third kappa shape index (κ3) is 4.68. The van der Waals surface area contributed by atoms with Gasteiger partial charge in [-0.2, -0.15) is 13.1 Å². The highest BCUT2D eigenvalue weighted by Crippen LogP contribution is 2.08. The number of hydrogen-bond acceptors (Lipinski definition) is 4. The van der Waals surface area contributed by atoms with Gasteiger partial charge >= 0.3 is 16.2 Å². The van der Waals surface area contributed by atoms with Crippen LogP contribution < -0.4 is 9.44 Å². The summed E-state index contributed by atoms with van der Waals surface area (Å²) in [5.74, 6) is -1.27. The quantitative estimate of drug-likeness (QED) is 0.752. The second-order valence-electron chi connectivity index (χ2n) is 4.67. The Bertz CT molecular complexity index is 548. The molecule has 0 unspecified atom stereocenters. The number of nitrogens with one attached hydrogen (secondary N) is 2. The second-order valence-corrected chi connectivity index (χ2v) is 6.09. The van der Waals surface area contributed by atoms with E-state index in [1.807, 2.05) is 0 Å². The van der Waals surface area contributed by atoms with Crippen LogP contribution in [0.4, 0.5) is 5.82 Å². The largest absolute Gasteiger partial charge is 0.477 e. The van der Waals surface area contributed by atoms with Gasteiger partial charge in [0.15, 0.2) is 5.69 Å². The van der Waals surface area contributed by atoms with Gasteiger partial charge in [-0.3, -0.25) is 4.72 Å². The van der Waals surface area contributed by atoms with Gasteiger partial charge in [0.25, 0.3) is 0 Å². The molecule has 0 aromatic carbocycles. The Labute approximate surface area is 105 Å². The third-order valence-corrected chi connectivity index (χ3v) is 3.01. The van der Waals surface area contributed by atoms with E-state index in [9.17, 15) is 13.2 Å². The average Bonchev–Trinajstić information content (AvgIpc) is 2.12. The Morgan fingerprint density at radius 2 is 1.94 bits per heavy atom. The van der Waals surface area contributed by atoms with Gasteiger partial charge in [-0.15, -0.1) is 0 Å². The predicted octanol–water partition coefficient (Wildman–Crippen LogP) is 0.825. The van der Waals surface area contributed by atoms with Crippen molar-refractivity contribution in [1.82, 2.24) is 9.71 Å². The molecule has 0 atom stereocenters. The molecule has 0 aliphatic carbocycles. The van der Waals surface area contributed by atoms with Crippen molar-refractivity contribution in [1.29, 1.82) is 0 Å². The average molecular weight is 273 g/mol. The van der Waals surface area contributed by atoms with Crippen LogP contribution in [0.3, 0.4) is 0 Å². The van der Waals surface area contributed by atoms with Crippen molar-refractivity contribution in [2.24, 2.45) is 0 Å². The molecule has 100 valence electrons. The van der Waals surface area contributed by atoms with Gasteiger partial charge in [-0.05, 0) is 32.9 Å². The smallest absolute Gasteiger partial charge is 0.354 e. The molecular formula is C10H15N3O4S. The zero-order valence-electron chi connectivity index (χ0n) is 10.3. The molecule has 0 aliphatic rings. The lowest BCUT2D eigenvalue weighted by Gasteiger charge is -2.20. The van der Waals surface area contributed by atoms with Gasteiger partial charge in [-0.25, -0.2) is 9.78 Å². The van der Waals surface area contributed by atoms with Crippen LogP contribution in [0.5, 0.6) is 0 Å².